The Kier molecular flexibility index (Phi) is 6.06. The third-order valence-electron chi connectivity index (χ3n) is 2.57. The molecule has 0 radical (unpaired) electrons. The van der Waals surface area contributed by atoms with Crippen LogP contribution in [0.5, 0.6) is 0 Å². The number of rotatable bonds is 7. The van der Waals surface area contributed by atoms with Gasteiger partial charge in [0.2, 0.25) is 0 Å². The number of unbranched alkanes of at least 4 members (excludes halogenated alkanes) is 3. The second-order valence-corrected chi connectivity index (χ2v) is 5.71. The zero-order valence-electron chi connectivity index (χ0n) is 10.4. The molecule has 0 aliphatic rings. The van der Waals surface area contributed by atoms with Gasteiger partial charge in [-0.15, -0.1) is 11.3 Å². The third kappa shape index (κ3) is 4.26. The number of aromatic nitrogens is 1. The SMILES string of the molecule is CCCCCC[C@H](C)On1c(C)csc1=S. The van der Waals surface area contributed by atoms with E-state index in [1.165, 1.54) is 25.7 Å². The Balaban J connectivity index is 2.34. The van der Waals surface area contributed by atoms with Crippen LogP contribution in [0.3, 0.4) is 0 Å². The molecule has 0 aromatic carbocycles. The van der Waals surface area contributed by atoms with E-state index < -0.39 is 0 Å². The van der Waals surface area contributed by atoms with Crippen LogP contribution in [0.15, 0.2) is 5.38 Å². The topological polar surface area (TPSA) is 14.2 Å². The van der Waals surface area contributed by atoms with Crippen molar-refractivity contribution in [3.05, 3.63) is 15.0 Å². The second-order valence-electron chi connectivity index (χ2n) is 4.20. The van der Waals surface area contributed by atoms with Gasteiger partial charge in [0.15, 0.2) is 3.95 Å². The molecule has 0 unspecified atom stereocenters. The molecule has 0 aliphatic heterocycles. The molecule has 1 rings (SSSR count). The first kappa shape index (κ1) is 13.7. The Labute approximate surface area is 107 Å². The highest BCUT2D eigenvalue weighted by Crippen LogP contribution is 2.11. The lowest BCUT2D eigenvalue weighted by atomic mass is 10.1. The van der Waals surface area contributed by atoms with Crippen molar-refractivity contribution in [2.45, 2.75) is 59.0 Å². The first-order valence-electron chi connectivity index (χ1n) is 5.99. The highest BCUT2D eigenvalue weighted by Gasteiger charge is 2.06. The van der Waals surface area contributed by atoms with E-state index in [1.54, 1.807) is 16.1 Å². The van der Waals surface area contributed by atoms with E-state index in [2.05, 4.69) is 13.8 Å². The highest BCUT2D eigenvalue weighted by atomic mass is 32.1. The predicted molar refractivity (Wildman–Crippen MR) is 72.7 cm³/mol. The lowest BCUT2D eigenvalue weighted by Gasteiger charge is -2.15. The summed E-state index contributed by atoms with van der Waals surface area (Å²) in [4.78, 5) is 5.82. The molecule has 1 aromatic heterocycles. The van der Waals surface area contributed by atoms with Crippen LogP contribution < -0.4 is 4.84 Å². The summed E-state index contributed by atoms with van der Waals surface area (Å²) in [5.74, 6) is 0. The maximum Gasteiger partial charge on any atom is 0.196 e. The van der Waals surface area contributed by atoms with Crippen molar-refractivity contribution in [2.24, 2.45) is 0 Å². The van der Waals surface area contributed by atoms with Crippen LogP contribution >= 0.6 is 23.6 Å². The van der Waals surface area contributed by atoms with Crippen LogP contribution in [0.25, 0.3) is 0 Å². The molecule has 0 spiro atoms. The van der Waals surface area contributed by atoms with Crippen LogP contribution in [0.2, 0.25) is 0 Å². The van der Waals surface area contributed by atoms with Gasteiger partial charge in [0.05, 0.1) is 5.69 Å². The summed E-state index contributed by atoms with van der Waals surface area (Å²) in [6.07, 6.45) is 6.51. The fourth-order valence-corrected chi connectivity index (χ4v) is 2.57. The monoisotopic (exact) mass is 259 g/mol. The molecule has 0 saturated heterocycles. The number of thiazole rings is 1. The van der Waals surface area contributed by atoms with Crippen molar-refractivity contribution in [3.8, 4) is 0 Å². The van der Waals surface area contributed by atoms with Crippen LogP contribution in [0, 0.1) is 10.9 Å². The Morgan fingerprint density at radius 3 is 2.75 bits per heavy atom. The zero-order valence-corrected chi connectivity index (χ0v) is 12.0. The molecule has 1 aromatic rings. The highest BCUT2D eigenvalue weighted by molar-refractivity contribution is 7.73. The Morgan fingerprint density at radius 1 is 1.44 bits per heavy atom. The van der Waals surface area contributed by atoms with E-state index in [4.69, 9.17) is 17.1 Å². The van der Waals surface area contributed by atoms with Crippen LogP contribution in [0.1, 0.15) is 51.6 Å². The van der Waals surface area contributed by atoms with E-state index in [-0.39, 0.29) is 6.10 Å². The largest absolute Gasteiger partial charge is 0.409 e. The van der Waals surface area contributed by atoms with E-state index in [0.29, 0.717) is 0 Å². The molecule has 1 atom stereocenters. The van der Waals surface area contributed by atoms with Gasteiger partial charge in [-0.2, -0.15) is 4.73 Å². The minimum absolute atomic E-state index is 0.247. The van der Waals surface area contributed by atoms with Crippen LogP contribution in [-0.2, 0) is 0 Å². The van der Waals surface area contributed by atoms with Crippen molar-refractivity contribution in [2.75, 3.05) is 0 Å². The lowest BCUT2D eigenvalue weighted by Crippen LogP contribution is -2.22. The molecule has 0 fully saturated rings. The summed E-state index contributed by atoms with van der Waals surface area (Å²) < 4.78 is 2.59. The van der Waals surface area contributed by atoms with Gasteiger partial charge in [-0.1, -0.05) is 26.2 Å². The average Bonchev–Trinajstić information content (AvgIpc) is 2.56. The van der Waals surface area contributed by atoms with E-state index in [1.807, 2.05) is 12.3 Å². The number of aryl methyl sites for hydroxylation is 1. The molecule has 92 valence electrons. The van der Waals surface area contributed by atoms with Gasteiger partial charge in [-0.25, -0.2) is 0 Å². The molecule has 0 N–H and O–H groups in total. The average molecular weight is 259 g/mol. The van der Waals surface area contributed by atoms with Crippen molar-refractivity contribution >= 4 is 23.6 Å². The summed E-state index contributed by atoms with van der Waals surface area (Å²) in [6, 6.07) is 0. The number of hydrogen-bond acceptors (Lipinski definition) is 3. The van der Waals surface area contributed by atoms with Gasteiger partial charge in [0.25, 0.3) is 0 Å². The lowest BCUT2D eigenvalue weighted by molar-refractivity contribution is 0.0376. The molecule has 16 heavy (non-hydrogen) atoms. The number of nitrogens with zero attached hydrogens (tertiary/aromatic N) is 1. The van der Waals surface area contributed by atoms with Gasteiger partial charge in [-0.3, -0.25) is 0 Å². The minimum atomic E-state index is 0.247. The molecule has 0 amide bonds. The van der Waals surface area contributed by atoms with Gasteiger partial charge < -0.3 is 4.84 Å². The van der Waals surface area contributed by atoms with Gasteiger partial charge in [0, 0.05) is 5.38 Å². The fourth-order valence-electron chi connectivity index (χ4n) is 1.59. The first-order chi connectivity index (χ1) is 7.65. The van der Waals surface area contributed by atoms with Gasteiger partial charge in [-0.05, 0) is 38.9 Å². The maximum absolute atomic E-state index is 5.82. The maximum atomic E-state index is 5.82. The Morgan fingerprint density at radius 2 is 2.19 bits per heavy atom. The van der Waals surface area contributed by atoms with Crippen LogP contribution in [-0.4, -0.2) is 10.8 Å². The summed E-state index contributed by atoms with van der Waals surface area (Å²) >= 11 is 6.76. The Bertz CT molecular complexity index is 356. The molecule has 0 aliphatic carbocycles. The van der Waals surface area contributed by atoms with Crippen molar-refractivity contribution in [1.82, 2.24) is 4.73 Å². The summed E-state index contributed by atoms with van der Waals surface area (Å²) in [5, 5.41) is 2.03. The minimum Gasteiger partial charge on any atom is -0.409 e. The van der Waals surface area contributed by atoms with Crippen molar-refractivity contribution < 1.29 is 4.84 Å². The molecule has 2 nitrogen and oxygen atoms in total. The molecule has 4 heteroatoms. The molecule has 1 heterocycles. The van der Waals surface area contributed by atoms with E-state index >= 15 is 0 Å². The van der Waals surface area contributed by atoms with Gasteiger partial charge in [0.1, 0.15) is 6.10 Å². The fraction of sp³-hybridized carbons (Fsp3) is 0.750. The third-order valence-corrected chi connectivity index (χ3v) is 3.85. The predicted octanol–water partition coefficient (Wildman–Crippen LogP) is 4.38. The van der Waals surface area contributed by atoms with E-state index in [9.17, 15) is 0 Å². The standard InChI is InChI=1S/C12H21NOS2/c1-4-5-6-7-8-11(3)14-13-10(2)9-16-12(13)15/h9,11H,4-8H2,1-3H3/t11-/m0/s1. The number of hydrogen-bond donors (Lipinski definition) is 0. The van der Waals surface area contributed by atoms with Crippen molar-refractivity contribution in [3.63, 3.8) is 0 Å². The summed E-state index contributed by atoms with van der Waals surface area (Å²) in [7, 11) is 0. The van der Waals surface area contributed by atoms with Crippen LogP contribution in [0.4, 0.5) is 0 Å². The molecular formula is C12H21NOS2. The normalized spacial score (nSPS) is 12.7. The summed E-state index contributed by atoms with van der Waals surface area (Å²) in [5.41, 5.74) is 1.09. The van der Waals surface area contributed by atoms with Gasteiger partial charge >= 0.3 is 0 Å². The Hall–Kier alpha value is -0.350. The molecular weight excluding hydrogens is 238 g/mol. The quantitative estimate of drug-likeness (QED) is 0.533. The molecule has 0 saturated carbocycles. The van der Waals surface area contributed by atoms with E-state index in [0.717, 1.165) is 16.1 Å². The summed E-state index contributed by atoms with van der Waals surface area (Å²) in [6.45, 7) is 6.37. The first-order valence-corrected chi connectivity index (χ1v) is 7.28. The second kappa shape index (κ2) is 7.07. The smallest absolute Gasteiger partial charge is 0.196 e. The van der Waals surface area contributed by atoms with Crippen molar-refractivity contribution in [1.29, 1.82) is 0 Å². The molecule has 0 bridgehead atoms. The zero-order chi connectivity index (χ0) is 12.0.